The summed E-state index contributed by atoms with van der Waals surface area (Å²) in [5.41, 5.74) is 0. The smallest absolute Gasteiger partial charge is 0.223 e. The molecule has 1 N–H and O–H groups in total. The lowest BCUT2D eigenvalue weighted by Crippen LogP contribution is -2.32. The van der Waals surface area contributed by atoms with Crippen LogP contribution in [-0.2, 0) is 9.53 Å². The van der Waals surface area contributed by atoms with Gasteiger partial charge < -0.3 is 10.1 Å². The van der Waals surface area contributed by atoms with Crippen LogP contribution in [0.15, 0.2) is 0 Å². The Morgan fingerprint density at radius 3 is 2.44 bits per heavy atom. The van der Waals surface area contributed by atoms with Crippen molar-refractivity contribution in [3.8, 4) is 0 Å². The van der Waals surface area contributed by atoms with Gasteiger partial charge in [-0.1, -0.05) is 48.0 Å². The SMILES string of the molecule is O=C(NCCCOCCBr)C1CCCCCCC1. The number of carbonyl (C=O) groups is 1. The average Bonchev–Trinajstić information content (AvgIpc) is 2.33. The van der Waals surface area contributed by atoms with Crippen LogP contribution >= 0.6 is 15.9 Å². The maximum Gasteiger partial charge on any atom is 0.223 e. The highest BCUT2D eigenvalue weighted by atomic mass is 79.9. The van der Waals surface area contributed by atoms with Gasteiger partial charge in [0.2, 0.25) is 5.91 Å². The number of alkyl halides is 1. The molecule has 0 aromatic heterocycles. The molecule has 0 saturated heterocycles. The Morgan fingerprint density at radius 1 is 1.11 bits per heavy atom. The van der Waals surface area contributed by atoms with Gasteiger partial charge in [-0.3, -0.25) is 4.79 Å². The van der Waals surface area contributed by atoms with Crippen LogP contribution in [0.3, 0.4) is 0 Å². The minimum atomic E-state index is 0.258. The van der Waals surface area contributed by atoms with E-state index in [1.54, 1.807) is 0 Å². The first-order valence-corrected chi connectivity index (χ1v) is 8.38. The van der Waals surface area contributed by atoms with Crippen LogP contribution < -0.4 is 5.32 Å². The number of ether oxygens (including phenoxy) is 1. The first-order valence-electron chi connectivity index (χ1n) is 7.26. The zero-order valence-corrected chi connectivity index (χ0v) is 12.8. The van der Waals surface area contributed by atoms with E-state index < -0.39 is 0 Å². The maximum atomic E-state index is 12.0. The fourth-order valence-electron chi connectivity index (χ4n) is 2.41. The van der Waals surface area contributed by atoms with E-state index in [2.05, 4.69) is 21.2 Å². The predicted octanol–water partition coefficient (Wildman–Crippen LogP) is 3.26. The molecule has 3 nitrogen and oxygen atoms in total. The van der Waals surface area contributed by atoms with E-state index >= 15 is 0 Å². The summed E-state index contributed by atoms with van der Waals surface area (Å²) < 4.78 is 5.35. The minimum absolute atomic E-state index is 0.258. The van der Waals surface area contributed by atoms with Crippen LogP contribution in [0.1, 0.15) is 51.4 Å². The van der Waals surface area contributed by atoms with Crippen molar-refractivity contribution in [2.45, 2.75) is 51.4 Å². The number of amides is 1. The Hall–Kier alpha value is -0.0900. The van der Waals surface area contributed by atoms with Gasteiger partial charge in [0.25, 0.3) is 0 Å². The first kappa shape index (κ1) is 16.0. The third kappa shape index (κ3) is 7.37. The molecular weight excluding hydrogens is 294 g/mol. The lowest BCUT2D eigenvalue weighted by atomic mass is 9.90. The van der Waals surface area contributed by atoms with Crippen molar-refractivity contribution in [3.05, 3.63) is 0 Å². The van der Waals surface area contributed by atoms with Crippen LogP contribution in [0.5, 0.6) is 0 Å². The van der Waals surface area contributed by atoms with Gasteiger partial charge in [-0.15, -0.1) is 0 Å². The third-order valence-corrected chi connectivity index (χ3v) is 3.79. The monoisotopic (exact) mass is 319 g/mol. The topological polar surface area (TPSA) is 38.3 Å². The van der Waals surface area contributed by atoms with Gasteiger partial charge in [0.1, 0.15) is 0 Å². The summed E-state index contributed by atoms with van der Waals surface area (Å²) in [5.74, 6) is 0.520. The van der Waals surface area contributed by atoms with Crippen LogP contribution in [0.4, 0.5) is 0 Å². The van der Waals surface area contributed by atoms with E-state index in [1.807, 2.05) is 0 Å². The molecule has 4 heteroatoms. The highest BCUT2D eigenvalue weighted by Crippen LogP contribution is 2.22. The van der Waals surface area contributed by atoms with E-state index in [-0.39, 0.29) is 11.8 Å². The van der Waals surface area contributed by atoms with Crippen molar-refractivity contribution in [1.29, 1.82) is 0 Å². The lowest BCUT2D eigenvalue weighted by Gasteiger charge is -2.19. The highest BCUT2D eigenvalue weighted by molar-refractivity contribution is 9.09. The molecule has 1 saturated carbocycles. The lowest BCUT2D eigenvalue weighted by molar-refractivity contribution is -0.125. The van der Waals surface area contributed by atoms with Crippen LogP contribution in [-0.4, -0.2) is 31.0 Å². The zero-order valence-electron chi connectivity index (χ0n) is 11.3. The Balaban J connectivity index is 2.06. The molecule has 0 aliphatic heterocycles. The van der Waals surface area contributed by atoms with E-state index in [0.717, 1.165) is 44.4 Å². The number of hydrogen-bond acceptors (Lipinski definition) is 2. The van der Waals surface area contributed by atoms with Crippen LogP contribution in [0, 0.1) is 5.92 Å². The fourth-order valence-corrected chi connectivity index (χ4v) is 2.63. The molecule has 106 valence electrons. The number of hydrogen-bond donors (Lipinski definition) is 1. The summed E-state index contributed by atoms with van der Waals surface area (Å²) in [6.07, 6.45) is 9.43. The van der Waals surface area contributed by atoms with Gasteiger partial charge in [0.05, 0.1) is 6.61 Å². The minimum Gasteiger partial charge on any atom is -0.381 e. The second-order valence-electron chi connectivity index (χ2n) is 4.99. The van der Waals surface area contributed by atoms with Crippen molar-refractivity contribution >= 4 is 21.8 Å². The summed E-state index contributed by atoms with van der Waals surface area (Å²) in [4.78, 5) is 12.0. The molecule has 0 aromatic carbocycles. The predicted molar refractivity (Wildman–Crippen MR) is 78.0 cm³/mol. The second kappa shape index (κ2) is 10.8. The molecule has 1 rings (SSSR count). The summed E-state index contributed by atoms with van der Waals surface area (Å²) >= 11 is 3.31. The zero-order chi connectivity index (χ0) is 13.1. The van der Waals surface area contributed by atoms with Crippen LogP contribution in [0.25, 0.3) is 0 Å². The number of rotatable bonds is 7. The summed E-state index contributed by atoms with van der Waals surface area (Å²) in [6.45, 7) is 2.23. The molecule has 0 bridgehead atoms. The molecule has 0 unspecified atom stereocenters. The molecule has 0 heterocycles. The van der Waals surface area contributed by atoms with Gasteiger partial charge >= 0.3 is 0 Å². The van der Waals surface area contributed by atoms with Crippen molar-refractivity contribution in [1.82, 2.24) is 5.32 Å². The molecule has 0 aromatic rings. The largest absolute Gasteiger partial charge is 0.381 e. The van der Waals surface area contributed by atoms with Crippen molar-refractivity contribution in [2.75, 3.05) is 25.1 Å². The third-order valence-electron chi connectivity index (χ3n) is 3.46. The maximum absolute atomic E-state index is 12.0. The number of nitrogens with one attached hydrogen (secondary N) is 1. The van der Waals surface area contributed by atoms with E-state index in [1.165, 1.54) is 32.1 Å². The molecular formula is C14H26BrNO2. The number of carbonyl (C=O) groups excluding carboxylic acids is 1. The van der Waals surface area contributed by atoms with Crippen molar-refractivity contribution < 1.29 is 9.53 Å². The van der Waals surface area contributed by atoms with E-state index in [0.29, 0.717) is 0 Å². The highest BCUT2D eigenvalue weighted by Gasteiger charge is 2.18. The Morgan fingerprint density at radius 2 is 1.78 bits per heavy atom. The molecule has 0 spiro atoms. The molecule has 18 heavy (non-hydrogen) atoms. The van der Waals surface area contributed by atoms with E-state index in [4.69, 9.17) is 4.74 Å². The van der Waals surface area contributed by atoms with Gasteiger partial charge in [-0.05, 0) is 19.3 Å². The summed E-state index contributed by atoms with van der Waals surface area (Å²) in [6, 6.07) is 0. The molecule has 1 aliphatic rings. The second-order valence-corrected chi connectivity index (χ2v) is 5.78. The van der Waals surface area contributed by atoms with Gasteiger partial charge in [0, 0.05) is 24.4 Å². The number of halogens is 1. The van der Waals surface area contributed by atoms with Crippen LogP contribution in [0.2, 0.25) is 0 Å². The van der Waals surface area contributed by atoms with E-state index in [9.17, 15) is 4.79 Å². The van der Waals surface area contributed by atoms with Gasteiger partial charge in [0.15, 0.2) is 0 Å². The normalized spacial score (nSPS) is 18.1. The first-order chi connectivity index (χ1) is 8.84. The molecule has 0 atom stereocenters. The quantitative estimate of drug-likeness (QED) is 0.577. The van der Waals surface area contributed by atoms with Gasteiger partial charge in [-0.25, -0.2) is 0 Å². The standard InChI is InChI=1S/C14H26BrNO2/c15-9-12-18-11-6-10-16-14(17)13-7-4-2-1-3-5-8-13/h13H,1-12H2,(H,16,17). The molecule has 0 radical (unpaired) electrons. The van der Waals surface area contributed by atoms with Gasteiger partial charge in [-0.2, -0.15) is 0 Å². The summed E-state index contributed by atoms with van der Waals surface area (Å²) in [5, 5.41) is 3.92. The van der Waals surface area contributed by atoms with Crippen molar-refractivity contribution in [3.63, 3.8) is 0 Å². The average molecular weight is 320 g/mol. The molecule has 1 amide bonds. The fraction of sp³-hybridized carbons (Fsp3) is 0.929. The molecule has 1 aliphatic carbocycles. The summed E-state index contributed by atoms with van der Waals surface area (Å²) in [7, 11) is 0. The van der Waals surface area contributed by atoms with Crippen molar-refractivity contribution in [2.24, 2.45) is 5.92 Å². The Kier molecular flexibility index (Phi) is 9.58. The Labute approximate surface area is 119 Å². The Bertz CT molecular complexity index is 216. The molecule has 1 fully saturated rings.